The minimum absolute atomic E-state index is 0.426. The zero-order valence-corrected chi connectivity index (χ0v) is 10.8. The van der Waals surface area contributed by atoms with Gasteiger partial charge < -0.3 is 9.74 Å². The predicted molar refractivity (Wildman–Crippen MR) is 71.0 cm³/mol. The smallest absolute Gasteiger partial charge is 0.0882 e. The molecule has 3 nitrogen and oxygen atoms in total. The Bertz CT molecular complexity index is 376. The van der Waals surface area contributed by atoms with E-state index in [1.165, 1.54) is 36.1 Å². The third-order valence-electron chi connectivity index (χ3n) is 3.58. The number of nitrogens with zero attached hydrogens (tertiary/aromatic N) is 1. The fraction of sp³-hybridized carbons (Fsp3) is 0.571. The number of aryl methyl sites for hydroxylation is 2. The summed E-state index contributed by atoms with van der Waals surface area (Å²) < 4.78 is 0. The average Bonchev–Trinajstić information content (AvgIpc) is 2.31. The molecule has 1 heterocycles. The van der Waals surface area contributed by atoms with Crippen LogP contribution in [0, 0.1) is 13.8 Å². The largest absolute Gasteiger partial charge is 0.366 e. The number of rotatable bonds is 3. The fourth-order valence-electron chi connectivity index (χ4n) is 2.73. The molecule has 0 bridgehead atoms. The van der Waals surface area contributed by atoms with Gasteiger partial charge in [0.1, 0.15) is 0 Å². The SMILES string of the molecule is Cc1ccc(N2CCCCC2CON)c(C)c1. The van der Waals surface area contributed by atoms with Crippen LogP contribution in [-0.4, -0.2) is 19.2 Å². The van der Waals surface area contributed by atoms with Crippen molar-refractivity contribution in [3.05, 3.63) is 29.3 Å². The zero-order chi connectivity index (χ0) is 12.3. The molecule has 1 aromatic rings. The number of anilines is 1. The topological polar surface area (TPSA) is 38.5 Å². The van der Waals surface area contributed by atoms with Crippen molar-refractivity contribution in [3.63, 3.8) is 0 Å². The lowest BCUT2D eigenvalue weighted by Crippen LogP contribution is -2.43. The third-order valence-corrected chi connectivity index (χ3v) is 3.58. The Kier molecular flexibility index (Phi) is 4.02. The van der Waals surface area contributed by atoms with E-state index in [4.69, 9.17) is 10.7 Å². The quantitative estimate of drug-likeness (QED) is 0.817. The zero-order valence-electron chi connectivity index (χ0n) is 10.8. The van der Waals surface area contributed by atoms with Crippen molar-refractivity contribution in [3.8, 4) is 0 Å². The highest BCUT2D eigenvalue weighted by Gasteiger charge is 2.23. The van der Waals surface area contributed by atoms with Gasteiger partial charge in [-0.25, -0.2) is 5.90 Å². The van der Waals surface area contributed by atoms with Crippen LogP contribution < -0.4 is 10.8 Å². The maximum absolute atomic E-state index is 5.24. The van der Waals surface area contributed by atoms with Gasteiger partial charge in [0.25, 0.3) is 0 Å². The molecule has 1 atom stereocenters. The number of benzene rings is 1. The first kappa shape index (κ1) is 12.4. The van der Waals surface area contributed by atoms with Crippen LogP contribution in [0.4, 0.5) is 5.69 Å². The molecule has 0 saturated carbocycles. The number of piperidine rings is 1. The Labute approximate surface area is 104 Å². The van der Waals surface area contributed by atoms with Gasteiger partial charge in [0.15, 0.2) is 0 Å². The summed E-state index contributed by atoms with van der Waals surface area (Å²) in [5.74, 6) is 5.24. The van der Waals surface area contributed by atoms with Crippen molar-refractivity contribution in [2.75, 3.05) is 18.1 Å². The van der Waals surface area contributed by atoms with Crippen molar-refractivity contribution in [2.24, 2.45) is 5.90 Å². The van der Waals surface area contributed by atoms with Crippen LogP contribution in [-0.2, 0) is 4.84 Å². The molecule has 2 N–H and O–H groups in total. The normalized spacial score (nSPS) is 20.6. The Morgan fingerprint density at radius 3 is 2.88 bits per heavy atom. The number of hydrogen-bond acceptors (Lipinski definition) is 3. The van der Waals surface area contributed by atoms with E-state index >= 15 is 0 Å². The van der Waals surface area contributed by atoms with Crippen molar-refractivity contribution in [1.82, 2.24) is 0 Å². The van der Waals surface area contributed by atoms with Gasteiger partial charge in [-0.15, -0.1) is 0 Å². The van der Waals surface area contributed by atoms with Gasteiger partial charge in [-0.1, -0.05) is 17.7 Å². The van der Waals surface area contributed by atoms with Crippen molar-refractivity contribution < 1.29 is 4.84 Å². The maximum Gasteiger partial charge on any atom is 0.0882 e. The summed E-state index contributed by atoms with van der Waals surface area (Å²) in [7, 11) is 0. The van der Waals surface area contributed by atoms with Gasteiger partial charge in [-0.2, -0.15) is 0 Å². The van der Waals surface area contributed by atoms with Crippen LogP contribution in [0.15, 0.2) is 18.2 Å². The summed E-state index contributed by atoms with van der Waals surface area (Å²) in [5, 5.41) is 0. The Morgan fingerprint density at radius 1 is 1.35 bits per heavy atom. The molecule has 2 rings (SSSR count). The summed E-state index contributed by atoms with van der Waals surface area (Å²) in [4.78, 5) is 7.30. The highest BCUT2D eigenvalue weighted by molar-refractivity contribution is 5.55. The lowest BCUT2D eigenvalue weighted by atomic mass is 10.00. The molecular weight excluding hydrogens is 212 g/mol. The van der Waals surface area contributed by atoms with Gasteiger partial charge in [-0.05, 0) is 44.7 Å². The summed E-state index contributed by atoms with van der Waals surface area (Å²) in [5.41, 5.74) is 3.99. The molecule has 94 valence electrons. The molecule has 0 amide bonds. The van der Waals surface area contributed by atoms with Crippen LogP contribution in [0.1, 0.15) is 30.4 Å². The van der Waals surface area contributed by atoms with E-state index in [0.717, 1.165) is 6.54 Å². The summed E-state index contributed by atoms with van der Waals surface area (Å²) in [6.45, 7) is 6.04. The Hall–Kier alpha value is -1.06. The standard InChI is InChI=1S/C14H22N2O/c1-11-6-7-14(12(2)9-11)16-8-4-3-5-13(16)10-17-15/h6-7,9,13H,3-5,8,10,15H2,1-2H3. The first-order valence-corrected chi connectivity index (χ1v) is 6.38. The van der Waals surface area contributed by atoms with Crippen LogP contribution >= 0.6 is 0 Å². The second-order valence-electron chi connectivity index (χ2n) is 4.97. The van der Waals surface area contributed by atoms with Gasteiger partial charge in [0, 0.05) is 12.2 Å². The van der Waals surface area contributed by atoms with E-state index in [-0.39, 0.29) is 0 Å². The van der Waals surface area contributed by atoms with Crippen LogP contribution in [0.2, 0.25) is 0 Å². The molecular formula is C14H22N2O. The molecule has 1 aliphatic rings. The fourth-order valence-corrected chi connectivity index (χ4v) is 2.73. The van der Waals surface area contributed by atoms with Gasteiger partial charge in [0.2, 0.25) is 0 Å². The van der Waals surface area contributed by atoms with Crippen LogP contribution in [0.25, 0.3) is 0 Å². The molecule has 1 fully saturated rings. The molecule has 1 unspecified atom stereocenters. The van der Waals surface area contributed by atoms with E-state index in [0.29, 0.717) is 12.6 Å². The second kappa shape index (κ2) is 5.52. The number of hydrogen-bond donors (Lipinski definition) is 1. The molecule has 0 aromatic heterocycles. The predicted octanol–water partition coefficient (Wildman–Crippen LogP) is 2.55. The molecule has 1 aliphatic heterocycles. The molecule has 1 saturated heterocycles. The molecule has 0 spiro atoms. The maximum atomic E-state index is 5.24. The van der Waals surface area contributed by atoms with Crippen molar-refractivity contribution in [2.45, 2.75) is 39.2 Å². The first-order chi connectivity index (χ1) is 8.22. The Balaban J connectivity index is 2.23. The van der Waals surface area contributed by atoms with Gasteiger partial charge in [0.05, 0.1) is 12.6 Å². The highest BCUT2D eigenvalue weighted by Crippen LogP contribution is 2.28. The van der Waals surface area contributed by atoms with E-state index in [2.05, 4.69) is 36.9 Å². The average molecular weight is 234 g/mol. The van der Waals surface area contributed by atoms with Crippen LogP contribution in [0.3, 0.4) is 0 Å². The van der Waals surface area contributed by atoms with Gasteiger partial charge >= 0.3 is 0 Å². The van der Waals surface area contributed by atoms with Crippen molar-refractivity contribution >= 4 is 5.69 Å². The molecule has 0 aliphatic carbocycles. The van der Waals surface area contributed by atoms with Gasteiger partial charge in [-0.3, -0.25) is 0 Å². The Morgan fingerprint density at radius 2 is 2.18 bits per heavy atom. The monoisotopic (exact) mass is 234 g/mol. The molecule has 0 radical (unpaired) electrons. The lowest BCUT2D eigenvalue weighted by molar-refractivity contribution is 0.114. The summed E-state index contributed by atoms with van der Waals surface area (Å²) in [6, 6.07) is 7.07. The molecule has 17 heavy (non-hydrogen) atoms. The highest BCUT2D eigenvalue weighted by atomic mass is 16.6. The minimum Gasteiger partial charge on any atom is -0.366 e. The molecule has 1 aromatic carbocycles. The lowest BCUT2D eigenvalue weighted by Gasteiger charge is -2.38. The van der Waals surface area contributed by atoms with Crippen LogP contribution in [0.5, 0.6) is 0 Å². The van der Waals surface area contributed by atoms with E-state index in [1.807, 2.05) is 0 Å². The minimum atomic E-state index is 0.426. The second-order valence-corrected chi connectivity index (χ2v) is 4.97. The first-order valence-electron chi connectivity index (χ1n) is 6.38. The summed E-state index contributed by atoms with van der Waals surface area (Å²) >= 11 is 0. The van der Waals surface area contributed by atoms with E-state index in [9.17, 15) is 0 Å². The number of nitrogens with two attached hydrogens (primary N) is 1. The van der Waals surface area contributed by atoms with E-state index in [1.54, 1.807) is 0 Å². The van der Waals surface area contributed by atoms with Crippen molar-refractivity contribution in [1.29, 1.82) is 0 Å². The third kappa shape index (κ3) is 2.79. The molecule has 3 heteroatoms. The van der Waals surface area contributed by atoms with E-state index < -0.39 is 0 Å². The summed E-state index contributed by atoms with van der Waals surface area (Å²) in [6.07, 6.45) is 3.70.